The zero-order valence-corrected chi connectivity index (χ0v) is 13.3. The van der Waals surface area contributed by atoms with E-state index < -0.39 is 0 Å². The van der Waals surface area contributed by atoms with Gasteiger partial charge in [0.15, 0.2) is 0 Å². The van der Waals surface area contributed by atoms with Gasteiger partial charge in [-0.2, -0.15) is 0 Å². The van der Waals surface area contributed by atoms with Crippen LogP contribution >= 0.6 is 0 Å². The van der Waals surface area contributed by atoms with Gasteiger partial charge in [0, 0.05) is 30.5 Å². The first-order valence-corrected chi connectivity index (χ1v) is 7.60. The molecule has 0 fully saturated rings. The second-order valence-corrected chi connectivity index (χ2v) is 5.44. The van der Waals surface area contributed by atoms with Crippen LogP contribution in [0.4, 0.5) is 0 Å². The van der Waals surface area contributed by atoms with Gasteiger partial charge in [0.2, 0.25) is 0 Å². The van der Waals surface area contributed by atoms with Gasteiger partial charge in [-0.15, -0.1) is 0 Å². The second-order valence-electron chi connectivity index (χ2n) is 5.44. The van der Waals surface area contributed by atoms with Crippen molar-refractivity contribution in [3.8, 4) is 5.75 Å². The molecule has 0 aliphatic heterocycles. The molecule has 1 atom stereocenters. The molecule has 0 radical (unpaired) electrons. The standard InChI is InChI=1S/C17H25N3O/c1-5-20-11-10-18-17(20)12-19-14(4)15-8-6-7-9-16(15)21-13(2)3/h6-11,13-14,19H,5,12H2,1-4H3. The Morgan fingerprint density at radius 3 is 2.71 bits per heavy atom. The van der Waals surface area contributed by atoms with Gasteiger partial charge >= 0.3 is 0 Å². The minimum atomic E-state index is 0.178. The van der Waals surface area contributed by atoms with E-state index in [9.17, 15) is 0 Å². The number of nitrogens with zero attached hydrogens (tertiary/aromatic N) is 2. The molecule has 4 nitrogen and oxygen atoms in total. The SMILES string of the molecule is CCn1ccnc1CNC(C)c1ccccc1OC(C)C. The van der Waals surface area contributed by atoms with Crippen LogP contribution in [0.1, 0.15) is 45.1 Å². The smallest absolute Gasteiger partial charge is 0.124 e. The lowest BCUT2D eigenvalue weighted by molar-refractivity contribution is 0.238. The molecule has 1 aromatic heterocycles. The number of hydrogen-bond acceptors (Lipinski definition) is 3. The van der Waals surface area contributed by atoms with Gasteiger partial charge in [-0.3, -0.25) is 0 Å². The summed E-state index contributed by atoms with van der Waals surface area (Å²) in [6.07, 6.45) is 4.04. The number of ether oxygens (including phenoxy) is 1. The van der Waals surface area contributed by atoms with Gasteiger partial charge in [0.25, 0.3) is 0 Å². The van der Waals surface area contributed by atoms with Gasteiger partial charge in [-0.05, 0) is 33.8 Å². The highest BCUT2D eigenvalue weighted by atomic mass is 16.5. The van der Waals surface area contributed by atoms with Crippen molar-refractivity contribution in [2.24, 2.45) is 0 Å². The van der Waals surface area contributed by atoms with Crippen molar-refractivity contribution in [2.45, 2.75) is 52.9 Å². The molecule has 0 amide bonds. The molecule has 2 rings (SSSR count). The monoisotopic (exact) mass is 287 g/mol. The molecule has 1 N–H and O–H groups in total. The van der Waals surface area contributed by atoms with Crippen molar-refractivity contribution in [3.63, 3.8) is 0 Å². The largest absolute Gasteiger partial charge is 0.491 e. The maximum absolute atomic E-state index is 5.89. The Morgan fingerprint density at radius 2 is 2.00 bits per heavy atom. The zero-order valence-electron chi connectivity index (χ0n) is 13.3. The highest BCUT2D eigenvalue weighted by Gasteiger charge is 2.12. The van der Waals surface area contributed by atoms with Gasteiger partial charge in [-0.1, -0.05) is 18.2 Å². The highest BCUT2D eigenvalue weighted by Crippen LogP contribution is 2.25. The minimum absolute atomic E-state index is 0.178. The number of aromatic nitrogens is 2. The number of aryl methyl sites for hydroxylation is 1. The van der Waals surface area contributed by atoms with E-state index in [2.05, 4.69) is 34.8 Å². The lowest BCUT2D eigenvalue weighted by Crippen LogP contribution is -2.21. The first-order chi connectivity index (χ1) is 10.1. The number of hydrogen-bond donors (Lipinski definition) is 1. The van der Waals surface area contributed by atoms with E-state index in [1.807, 2.05) is 44.4 Å². The van der Waals surface area contributed by atoms with E-state index in [-0.39, 0.29) is 12.1 Å². The van der Waals surface area contributed by atoms with E-state index >= 15 is 0 Å². The quantitative estimate of drug-likeness (QED) is 0.846. The zero-order chi connectivity index (χ0) is 15.2. The summed E-state index contributed by atoms with van der Waals surface area (Å²) >= 11 is 0. The molecular weight excluding hydrogens is 262 g/mol. The fourth-order valence-electron chi connectivity index (χ4n) is 2.35. The predicted molar refractivity (Wildman–Crippen MR) is 85.4 cm³/mol. The van der Waals surface area contributed by atoms with Gasteiger partial charge in [0.1, 0.15) is 11.6 Å². The summed E-state index contributed by atoms with van der Waals surface area (Å²) in [5, 5.41) is 3.53. The summed E-state index contributed by atoms with van der Waals surface area (Å²) in [6, 6.07) is 8.41. The molecular formula is C17H25N3O. The van der Waals surface area contributed by atoms with E-state index in [1.54, 1.807) is 0 Å². The molecule has 2 aromatic rings. The highest BCUT2D eigenvalue weighted by molar-refractivity contribution is 5.35. The number of nitrogens with one attached hydrogen (secondary N) is 1. The van der Waals surface area contributed by atoms with Gasteiger partial charge in [0.05, 0.1) is 12.6 Å². The molecule has 1 aromatic carbocycles. The molecule has 1 heterocycles. The van der Waals surface area contributed by atoms with Crippen LogP contribution in [0.25, 0.3) is 0 Å². The Labute approximate surface area is 127 Å². The number of rotatable bonds is 7. The van der Waals surface area contributed by atoms with E-state index in [1.165, 1.54) is 5.56 Å². The first kappa shape index (κ1) is 15.6. The van der Waals surface area contributed by atoms with Crippen LogP contribution in [0.2, 0.25) is 0 Å². The van der Waals surface area contributed by atoms with Gasteiger partial charge < -0.3 is 14.6 Å². The van der Waals surface area contributed by atoms with Crippen LogP contribution in [0.5, 0.6) is 5.75 Å². The number of imidazole rings is 1. The molecule has 4 heteroatoms. The topological polar surface area (TPSA) is 39.1 Å². The third kappa shape index (κ3) is 4.08. The summed E-state index contributed by atoms with van der Waals surface area (Å²) in [4.78, 5) is 4.39. The molecule has 0 saturated carbocycles. The summed E-state index contributed by atoms with van der Waals surface area (Å²) in [7, 11) is 0. The number of para-hydroxylation sites is 1. The summed E-state index contributed by atoms with van der Waals surface area (Å²) in [5.74, 6) is 2.01. The molecule has 21 heavy (non-hydrogen) atoms. The van der Waals surface area contributed by atoms with Gasteiger partial charge in [-0.25, -0.2) is 4.98 Å². The molecule has 0 aliphatic carbocycles. The summed E-state index contributed by atoms with van der Waals surface area (Å²) in [6.45, 7) is 10.1. The van der Waals surface area contributed by atoms with Crippen LogP contribution < -0.4 is 10.1 Å². The number of benzene rings is 1. The van der Waals surface area contributed by atoms with Crippen LogP contribution in [-0.2, 0) is 13.1 Å². The average molecular weight is 287 g/mol. The predicted octanol–water partition coefficient (Wildman–Crippen LogP) is 3.54. The molecule has 0 bridgehead atoms. The van der Waals surface area contributed by atoms with E-state index in [0.717, 1.165) is 24.7 Å². The third-order valence-corrected chi connectivity index (χ3v) is 3.46. The normalized spacial score (nSPS) is 12.6. The van der Waals surface area contributed by atoms with E-state index in [4.69, 9.17) is 4.74 Å². The first-order valence-electron chi connectivity index (χ1n) is 7.60. The van der Waals surface area contributed by atoms with Crippen molar-refractivity contribution >= 4 is 0 Å². The molecule has 1 unspecified atom stereocenters. The maximum Gasteiger partial charge on any atom is 0.124 e. The lowest BCUT2D eigenvalue weighted by atomic mass is 10.1. The minimum Gasteiger partial charge on any atom is -0.491 e. The fourth-order valence-corrected chi connectivity index (χ4v) is 2.35. The Morgan fingerprint density at radius 1 is 1.24 bits per heavy atom. The van der Waals surface area contributed by atoms with Crippen molar-refractivity contribution in [3.05, 3.63) is 48.0 Å². The fraction of sp³-hybridized carbons (Fsp3) is 0.471. The van der Waals surface area contributed by atoms with Crippen molar-refractivity contribution in [1.82, 2.24) is 14.9 Å². The van der Waals surface area contributed by atoms with Crippen molar-refractivity contribution < 1.29 is 4.74 Å². The Kier molecular flexibility index (Phi) is 5.39. The van der Waals surface area contributed by atoms with Crippen molar-refractivity contribution in [1.29, 1.82) is 0 Å². The van der Waals surface area contributed by atoms with Crippen LogP contribution in [0.3, 0.4) is 0 Å². The molecule has 114 valence electrons. The Balaban J connectivity index is 2.05. The van der Waals surface area contributed by atoms with E-state index in [0.29, 0.717) is 0 Å². The molecule has 0 aliphatic rings. The molecule has 0 spiro atoms. The Bertz CT molecular complexity index is 563. The van der Waals surface area contributed by atoms with Crippen LogP contribution in [0.15, 0.2) is 36.7 Å². The summed E-state index contributed by atoms with van der Waals surface area (Å²) in [5.41, 5.74) is 1.18. The average Bonchev–Trinajstić information content (AvgIpc) is 2.92. The third-order valence-electron chi connectivity index (χ3n) is 3.46. The maximum atomic E-state index is 5.89. The van der Waals surface area contributed by atoms with Crippen LogP contribution in [-0.4, -0.2) is 15.7 Å². The summed E-state index contributed by atoms with van der Waals surface area (Å²) < 4.78 is 8.04. The lowest BCUT2D eigenvalue weighted by Gasteiger charge is -2.20. The van der Waals surface area contributed by atoms with Crippen molar-refractivity contribution in [2.75, 3.05) is 0 Å². The Hall–Kier alpha value is -1.81. The molecule has 0 saturated heterocycles. The second kappa shape index (κ2) is 7.27. The van der Waals surface area contributed by atoms with Crippen LogP contribution in [0, 0.1) is 0 Å².